The van der Waals surface area contributed by atoms with Gasteiger partial charge in [-0.3, -0.25) is 9.59 Å². The van der Waals surface area contributed by atoms with Gasteiger partial charge in [0.25, 0.3) is 0 Å². The van der Waals surface area contributed by atoms with Crippen LogP contribution in [0.3, 0.4) is 0 Å². The van der Waals surface area contributed by atoms with E-state index < -0.39 is 0 Å². The van der Waals surface area contributed by atoms with E-state index in [0.717, 1.165) is 5.56 Å². The first-order valence-corrected chi connectivity index (χ1v) is 8.90. The lowest BCUT2D eigenvalue weighted by molar-refractivity contribution is -0.134. The number of methoxy groups -OCH3 is 1. The molecule has 2 aromatic rings. The summed E-state index contributed by atoms with van der Waals surface area (Å²) in [4.78, 5) is 26.2. The van der Waals surface area contributed by atoms with Crippen LogP contribution >= 0.6 is 11.6 Å². The predicted octanol–water partition coefficient (Wildman–Crippen LogP) is 3.69. The van der Waals surface area contributed by atoms with Crippen LogP contribution in [-0.2, 0) is 9.59 Å². The van der Waals surface area contributed by atoms with Crippen molar-refractivity contribution in [1.82, 2.24) is 4.90 Å². The minimum absolute atomic E-state index is 0.0802. The third-order valence-corrected chi connectivity index (χ3v) is 4.83. The zero-order valence-corrected chi connectivity index (χ0v) is 15.8. The Balaban J connectivity index is 1.56. The van der Waals surface area contributed by atoms with Crippen molar-refractivity contribution in [3.05, 3.63) is 58.9 Å². The van der Waals surface area contributed by atoms with Crippen molar-refractivity contribution in [1.29, 1.82) is 0 Å². The molecule has 0 spiro atoms. The van der Waals surface area contributed by atoms with Crippen molar-refractivity contribution >= 4 is 29.1 Å². The van der Waals surface area contributed by atoms with Gasteiger partial charge in [0.05, 0.1) is 19.3 Å². The number of carbonyl (C=O) groups excluding carboxylic acids is 2. The van der Waals surface area contributed by atoms with Gasteiger partial charge >= 0.3 is 0 Å². The number of hydrogen-bond donors (Lipinski definition) is 1. The second-order valence-corrected chi connectivity index (χ2v) is 7.02. The Morgan fingerprint density at radius 3 is 2.63 bits per heavy atom. The van der Waals surface area contributed by atoms with Crippen molar-refractivity contribution in [2.75, 3.05) is 26.0 Å². The molecule has 2 atom stereocenters. The summed E-state index contributed by atoms with van der Waals surface area (Å²) < 4.78 is 18.2. The molecule has 2 aromatic carbocycles. The molecule has 1 saturated carbocycles. The van der Waals surface area contributed by atoms with E-state index in [1.807, 2.05) is 0 Å². The smallest absolute Gasteiger partial charge is 0.244 e. The molecule has 0 bridgehead atoms. The highest BCUT2D eigenvalue weighted by molar-refractivity contribution is 6.31. The van der Waals surface area contributed by atoms with Gasteiger partial charge in [0.1, 0.15) is 11.6 Å². The molecule has 5 nitrogen and oxygen atoms in total. The van der Waals surface area contributed by atoms with Gasteiger partial charge in [-0.15, -0.1) is 0 Å². The normalized spacial score (nSPS) is 17.9. The highest BCUT2D eigenvalue weighted by Crippen LogP contribution is 2.48. The summed E-state index contributed by atoms with van der Waals surface area (Å²) in [7, 11) is 3.09. The number of ether oxygens (including phenoxy) is 1. The van der Waals surface area contributed by atoms with Crippen LogP contribution in [0.4, 0.5) is 10.1 Å². The average Bonchev–Trinajstić information content (AvgIpc) is 3.42. The van der Waals surface area contributed by atoms with Crippen LogP contribution < -0.4 is 10.1 Å². The lowest BCUT2D eigenvalue weighted by Gasteiger charge is -2.18. The molecular formula is C20H20ClFN2O3. The maximum Gasteiger partial charge on any atom is 0.244 e. The standard InChI is InChI=1S/C20H20ClFN2O3/c1-24(11-19(25)23-17-9-13(21)5-8-18(17)27-2)20(26)16-10-15(16)12-3-6-14(22)7-4-12/h3-9,15-16H,10-11H2,1-2H3,(H,23,25). The lowest BCUT2D eigenvalue weighted by Crippen LogP contribution is -2.36. The number of carbonyl (C=O) groups is 2. The molecular weight excluding hydrogens is 371 g/mol. The van der Waals surface area contributed by atoms with Gasteiger partial charge in [-0.05, 0) is 48.2 Å². The fourth-order valence-corrected chi connectivity index (χ4v) is 3.26. The van der Waals surface area contributed by atoms with Gasteiger partial charge in [0.15, 0.2) is 0 Å². The van der Waals surface area contributed by atoms with Crippen molar-refractivity contribution in [3.63, 3.8) is 0 Å². The maximum atomic E-state index is 13.0. The largest absolute Gasteiger partial charge is 0.495 e. The summed E-state index contributed by atoms with van der Waals surface area (Å²) in [6.07, 6.45) is 0.707. The number of hydrogen-bond acceptors (Lipinski definition) is 3. The summed E-state index contributed by atoms with van der Waals surface area (Å²) in [5, 5.41) is 3.18. The first-order chi connectivity index (χ1) is 12.9. The lowest BCUT2D eigenvalue weighted by atomic mass is 10.1. The van der Waals surface area contributed by atoms with E-state index in [1.54, 1.807) is 37.4 Å². The first-order valence-electron chi connectivity index (χ1n) is 8.53. The highest BCUT2D eigenvalue weighted by Gasteiger charge is 2.45. The molecule has 0 aromatic heterocycles. The highest BCUT2D eigenvalue weighted by atomic mass is 35.5. The molecule has 1 aliphatic rings. The number of nitrogens with zero attached hydrogens (tertiary/aromatic N) is 1. The van der Waals surface area contributed by atoms with Gasteiger partial charge < -0.3 is 15.0 Å². The molecule has 3 rings (SSSR count). The third-order valence-electron chi connectivity index (χ3n) is 4.60. The topological polar surface area (TPSA) is 58.6 Å². The van der Waals surface area contributed by atoms with E-state index in [0.29, 0.717) is 22.9 Å². The minimum Gasteiger partial charge on any atom is -0.495 e. The SMILES string of the molecule is COc1ccc(Cl)cc1NC(=O)CN(C)C(=O)C1CC1c1ccc(F)cc1. The summed E-state index contributed by atoms with van der Waals surface area (Å²) in [6, 6.07) is 11.1. The summed E-state index contributed by atoms with van der Waals surface area (Å²) >= 11 is 5.95. The van der Waals surface area contributed by atoms with E-state index in [4.69, 9.17) is 16.3 Å². The van der Waals surface area contributed by atoms with Crippen LogP contribution in [0.15, 0.2) is 42.5 Å². The Labute approximate surface area is 162 Å². The Morgan fingerprint density at radius 2 is 1.96 bits per heavy atom. The molecule has 2 unspecified atom stereocenters. The van der Waals surface area contributed by atoms with E-state index in [-0.39, 0.29) is 36.0 Å². The molecule has 27 heavy (non-hydrogen) atoms. The fraction of sp³-hybridized carbons (Fsp3) is 0.300. The number of benzene rings is 2. The number of likely N-dealkylation sites (N-methyl/N-ethyl adjacent to an activating group) is 1. The Hall–Kier alpha value is -2.60. The monoisotopic (exact) mass is 390 g/mol. The van der Waals surface area contributed by atoms with Crippen molar-refractivity contribution < 1.29 is 18.7 Å². The Morgan fingerprint density at radius 1 is 1.26 bits per heavy atom. The second kappa shape index (κ2) is 7.96. The van der Waals surface area contributed by atoms with Crippen molar-refractivity contribution in [2.24, 2.45) is 5.92 Å². The fourth-order valence-electron chi connectivity index (χ4n) is 3.09. The van der Waals surface area contributed by atoms with Crippen LogP contribution in [0.1, 0.15) is 17.9 Å². The molecule has 7 heteroatoms. The Bertz CT molecular complexity index is 857. The molecule has 1 aliphatic carbocycles. The van der Waals surface area contributed by atoms with Crippen LogP contribution in [0, 0.1) is 11.7 Å². The molecule has 0 radical (unpaired) electrons. The molecule has 142 valence electrons. The molecule has 0 heterocycles. The molecule has 1 fully saturated rings. The Kier molecular flexibility index (Phi) is 5.65. The van der Waals surface area contributed by atoms with Gasteiger partial charge in [0, 0.05) is 18.0 Å². The first kappa shape index (κ1) is 19.2. The van der Waals surface area contributed by atoms with Gasteiger partial charge in [0.2, 0.25) is 11.8 Å². The predicted molar refractivity (Wildman–Crippen MR) is 102 cm³/mol. The van der Waals surface area contributed by atoms with Gasteiger partial charge in [-0.25, -0.2) is 4.39 Å². The zero-order valence-electron chi connectivity index (χ0n) is 15.0. The summed E-state index contributed by atoms with van der Waals surface area (Å²) in [5.41, 5.74) is 1.39. The van der Waals surface area contributed by atoms with E-state index in [9.17, 15) is 14.0 Å². The van der Waals surface area contributed by atoms with E-state index in [2.05, 4.69) is 5.32 Å². The minimum atomic E-state index is -0.342. The van der Waals surface area contributed by atoms with Crippen LogP contribution in [0.25, 0.3) is 0 Å². The van der Waals surface area contributed by atoms with Crippen LogP contribution in [0.5, 0.6) is 5.75 Å². The maximum absolute atomic E-state index is 13.0. The summed E-state index contributed by atoms with van der Waals surface area (Å²) in [6.45, 7) is -0.0822. The van der Waals surface area contributed by atoms with Crippen molar-refractivity contribution in [2.45, 2.75) is 12.3 Å². The molecule has 0 aliphatic heterocycles. The number of rotatable bonds is 6. The van der Waals surface area contributed by atoms with E-state index >= 15 is 0 Å². The average molecular weight is 391 g/mol. The molecule has 1 N–H and O–H groups in total. The molecule has 0 saturated heterocycles. The number of nitrogens with one attached hydrogen (secondary N) is 1. The number of halogens is 2. The van der Waals surface area contributed by atoms with Crippen molar-refractivity contribution in [3.8, 4) is 5.75 Å². The van der Waals surface area contributed by atoms with Gasteiger partial charge in [-0.1, -0.05) is 23.7 Å². The number of amides is 2. The number of anilines is 1. The van der Waals surface area contributed by atoms with E-state index in [1.165, 1.54) is 24.1 Å². The zero-order chi connectivity index (χ0) is 19.6. The quantitative estimate of drug-likeness (QED) is 0.818. The molecule has 2 amide bonds. The van der Waals surface area contributed by atoms with Crippen LogP contribution in [-0.4, -0.2) is 37.4 Å². The second-order valence-electron chi connectivity index (χ2n) is 6.59. The van der Waals surface area contributed by atoms with Crippen LogP contribution in [0.2, 0.25) is 5.02 Å². The summed E-state index contributed by atoms with van der Waals surface area (Å²) in [5.74, 6) is -0.346. The van der Waals surface area contributed by atoms with Gasteiger partial charge in [-0.2, -0.15) is 0 Å². The third kappa shape index (κ3) is 4.57.